The standard InChI is InChI=1S/C13H9ClFNO2/c14-11-2-1-3-12(15)10(11)7-16-5-4-9(8-17)6-13(16)18/h1-6,8H,7H2. The van der Waals surface area contributed by atoms with Crippen LogP contribution in [0, 0.1) is 5.82 Å². The molecule has 92 valence electrons. The molecule has 0 spiro atoms. The van der Waals surface area contributed by atoms with Crippen LogP contribution >= 0.6 is 11.6 Å². The molecule has 0 radical (unpaired) electrons. The molecule has 0 amide bonds. The Morgan fingerprint density at radius 3 is 2.72 bits per heavy atom. The quantitative estimate of drug-likeness (QED) is 0.800. The number of pyridine rings is 1. The lowest BCUT2D eigenvalue weighted by Crippen LogP contribution is -2.20. The van der Waals surface area contributed by atoms with Gasteiger partial charge in [-0.05, 0) is 18.2 Å². The monoisotopic (exact) mass is 265 g/mol. The summed E-state index contributed by atoms with van der Waals surface area (Å²) in [4.78, 5) is 22.2. The molecule has 0 bridgehead atoms. The summed E-state index contributed by atoms with van der Waals surface area (Å²) in [5.74, 6) is -0.464. The van der Waals surface area contributed by atoms with E-state index in [0.717, 1.165) is 0 Å². The topological polar surface area (TPSA) is 39.1 Å². The van der Waals surface area contributed by atoms with Crippen molar-refractivity contribution < 1.29 is 9.18 Å². The van der Waals surface area contributed by atoms with E-state index in [2.05, 4.69) is 0 Å². The van der Waals surface area contributed by atoms with E-state index in [1.54, 1.807) is 6.07 Å². The largest absolute Gasteiger partial charge is 0.311 e. The van der Waals surface area contributed by atoms with Gasteiger partial charge in [0, 0.05) is 28.4 Å². The van der Waals surface area contributed by atoms with Crippen molar-refractivity contribution in [1.82, 2.24) is 4.57 Å². The lowest BCUT2D eigenvalue weighted by atomic mass is 10.2. The van der Waals surface area contributed by atoms with Gasteiger partial charge in [0.25, 0.3) is 5.56 Å². The number of halogens is 2. The van der Waals surface area contributed by atoms with E-state index in [1.807, 2.05) is 0 Å². The van der Waals surface area contributed by atoms with Crippen molar-refractivity contribution in [1.29, 1.82) is 0 Å². The molecule has 0 atom stereocenters. The van der Waals surface area contributed by atoms with Crippen LogP contribution in [0.5, 0.6) is 0 Å². The molecule has 1 heterocycles. The van der Waals surface area contributed by atoms with Crippen molar-refractivity contribution in [2.45, 2.75) is 6.54 Å². The molecule has 0 N–H and O–H groups in total. The third-order valence-corrected chi connectivity index (χ3v) is 2.90. The molecule has 0 aliphatic heterocycles. The van der Waals surface area contributed by atoms with Crippen LogP contribution in [0.3, 0.4) is 0 Å². The van der Waals surface area contributed by atoms with Gasteiger partial charge in [-0.15, -0.1) is 0 Å². The van der Waals surface area contributed by atoms with Crippen molar-refractivity contribution in [2.75, 3.05) is 0 Å². The molecule has 2 rings (SSSR count). The van der Waals surface area contributed by atoms with Crippen LogP contribution in [0.4, 0.5) is 4.39 Å². The zero-order valence-electron chi connectivity index (χ0n) is 9.27. The fraction of sp³-hybridized carbons (Fsp3) is 0.0769. The van der Waals surface area contributed by atoms with Gasteiger partial charge in [-0.1, -0.05) is 17.7 Å². The second-order valence-electron chi connectivity index (χ2n) is 3.74. The van der Waals surface area contributed by atoms with Crippen LogP contribution in [0.1, 0.15) is 15.9 Å². The number of hydrogen-bond acceptors (Lipinski definition) is 2. The molecule has 2 aromatic rings. The molecule has 0 saturated heterocycles. The third kappa shape index (κ3) is 2.49. The Labute approximate surface area is 107 Å². The average Bonchev–Trinajstić information content (AvgIpc) is 2.35. The summed E-state index contributed by atoms with van der Waals surface area (Å²) in [6.07, 6.45) is 2.02. The maximum absolute atomic E-state index is 13.6. The van der Waals surface area contributed by atoms with Crippen molar-refractivity contribution >= 4 is 17.9 Å². The highest BCUT2D eigenvalue weighted by atomic mass is 35.5. The van der Waals surface area contributed by atoms with E-state index in [0.29, 0.717) is 6.29 Å². The maximum atomic E-state index is 13.6. The Hall–Kier alpha value is -1.94. The molecule has 0 saturated carbocycles. The Bertz CT molecular complexity index is 631. The van der Waals surface area contributed by atoms with E-state index >= 15 is 0 Å². The second kappa shape index (κ2) is 5.14. The predicted octanol–water partition coefficient (Wildman–Crippen LogP) is 2.50. The van der Waals surface area contributed by atoms with E-state index in [9.17, 15) is 14.0 Å². The minimum atomic E-state index is -0.464. The van der Waals surface area contributed by atoms with Gasteiger partial charge in [-0.25, -0.2) is 4.39 Å². The summed E-state index contributed by atoms with van der Waals surface area (Å²) >= 11 is 5.88. The zero-order chi connectivity index (χ0) is 13.1. The fourth-order valence-corrected chi connectivity index (χ4v) is 1.80. The highest BCUT2D eigenvalue weighted by Gasteiger charge is 2.08. The number of aromatic nitrogens is 1. The van der Waals surface area contributed by atoms with Crippen LogP contribution in [0.2, 0.25) is 5.02 Å². The highest BCUT2D eigenvalue weighted by molar-refractivity contribution is 6.31. The second-order valence-corrected chi connectivity index (χ2v) is 4.15. The van der Waals surface area contributed by atoms with Crippen molar-refractivity contribution in [3.05, 3.63) is 68.8 Å². The van der Waals surface area contributed by atoms with Crippen molar-refractivity contribution in [3.63, 3.8) is 0 Å². The number of carbonyl (C=O) groups excluding carboxylic acids is 1. The van der Waals surface area contributed by atoms with Gasteiger partial charge in [0.1, 0.15) is 12.1 Å². The van der Waals surface area contributed by atoms with Crippen LogP contribution in [0.25, 0.3) is 0 Å². The van der Waals surface area contributed by atoms with E-state index < -0.39 is 5.82 Å². The molecule has 1 aromatic heterocycles. The Balaban J connectivity index is 2.40. The first-order valence-electron chi connectivity index (χ1n) is 5.20. The third-order valence-electron chi connectivity index (χ3n) is 2.55. The number of aldehydes is 1. The first-order valence-corrected chi connectivity index (χ1v) is 5.58. The molecule has 1 aromatic carbocycles. The molecule has 0 aliphatic carbocycles. The predicted molar refractivity (Wildman–Crippen MR) is 66.6 cm³/mol. The van der Waals surface area contributed by atoms with Crippen LogP contribution < -0.4 is 5.56 Å². The maximum Gasteiger partial charge on any atom is 0.251 e. The average molecular weight is 266 g/mol. The van der Waals surface area contributed by atoms with Crippen LogP contribution in [-0.2, 0) is 6.54 Å². The van der Waals surface area contributed by atoms with Gasteiger partial charge in [0.05, 0.1) is 6.54 Å². The minimum absolute atomic E-state index is 0.0312. The lowest BCUT2D eigenvalue weighted by molar-refractivity contribution is 0.112. The summed E-state index contributed by atoms with van der Waals surface area (Å²) in [5, 5.41) is 0.265. The minimum Gasteiger partial charge on any atom is -0.311 e. The normalized spacial score (nSPS) is 10.3. The number of nitrogens with zero attached hydrogens (tertiary/aromatic N) is 1. The SMILES string of the molecule is O=Cc1ccn(Cc2c(F)cccc2Cl)c(=O)c1. The van der Waals surface area contributed by atoms with Crippen LogP contribution in [-0.4, -0.2) is 10.9 Å². The first-order chi connectivity index (χ1) is 8.61. The van der Waals surface area contributed by atoms with Crippen LogP contribution in [0.15, 0.2) is 41.3 Å². The summed E-state index contributed by atoms with van der Waals surface area (Å²) in [6.45, 7) is 0.0312. The Morgan fingerprint density at radius 2 is 2.11 bits per heavy atom. The van der Waals surface area contributed by atoms with Gasteiger partial charge in [0.15, 0.2) is 0 Å². The number of carbonyl (C=O) groups is 1. The van der Waals surface area contributed by atoms with Gasteiger partial charge in [-0.3, -0.25) is 9.59 Å². The smallest absolute Gasteiger partial charge is 0.251 e. The molecule has 5 heteroatoms. The van der Waals surface area contributed by atoms with Gasteiger partial charge < -0.3 is 4.57 Å². The Morgan fingerprint density at radius 1 is 1.33 bits per heavy atom. The molecule has 0 aliphatic rings. The summed E-state index contributed by atoms with van der Waals surface area (Å²) in [7, 11) is 0. The summed E-state index contributed by atoms with van der Waals surface area (Å²) in [5.41, 5.74) is 0.162. The molecular formula is C13H9ClFNO2. The van der Waals surface area contributed by atoms with E-state index in [-0.39, 0.29) is 28.3 Å². The van der Waals surface area contributed by atoms with Crippen molar-refractivity contribution in [2.24, 2.45) is 0 Å². The van der Waals surface area contributed by atoms with Gasteiger partial charge in [-0.2, -0.15) is 0 Å². The fourth-order valence-electron chi connectivity index (χ4n) is 1.58. The molecule has 3 nitrogen and oxygen atoms in total. The summed E-state index contributed by atoms with van der Waals surface area (Å²) < 4.78 is 14.8. The number of hydrogen-bond donors (Lipinski definition) is 0. The van der Waals surface area contributed by atoms with E-state index in [4.69, 9.17) is 11.6 Å². The molecule has 0 fully saturated rings. The Kier molecular flexibility index (Phi) is 3.58. The highest BCUT2D eigenvalue weighted by Crippen LogP contribution is 2.19. The van der Waals surface area contributed by atoms with E-state index in [1.165, 1.54) is 35.0 Å². The van der Waals surface area contributed by atoms with Gasteiger partial charge in [0.2, 0.25) is 0 Å². The number of rotatable bonds is 3. The summed E-state index contributed by atoms with van der Waals surface area (Å²) in [6, 6.07) is 7.03. The number of benzene rings is 1. The molecular weight excluding hydrogens is 257 g/mol. The molecule has 18 heavy (non-hydrogen) atoms. The first kappa shape index (κ1) is 12.5. The van der Waals surface area contributed by atoms with Gasteiger partial charge >= 0.3 is 0 Å². The zero-order valence-corrected chi connectivity index (χ0v) is 10.0. The van der Waals surface area contributed by atoms with Crippen molar-refractivity contribution in [3.8, 4) is 0 Å². The lowest BCUT2D eigenvalue weighted by Gasteiger charge is -2.08. The molecule has 0 unspecified atom stereocenters.